The van der Waals surface area contributed by atoms with Crippen LogP contribution in [0.3, 0.4) is 0 Å². The van der Waals surface area contributed by atoms with Crippen LogP contribution in [0.25, 0.3) is 0 Å². The molecular formula is C15H27N3O2. The molecule has 0 spiro atoms. The van der Waals surface area contributed by atoms with E-state index in [0.717, 1.165) is 38.8 Å². The topological polar surface area (TPSA) is 52.7 Å². The molecule has 0 bridgehead atoms. The second kappa shape index (κ2) is 6.57. The van der Waals surface area contributed by atoms with E-state index in [9.17, 15) is 9.59 Å². The summed E-state index contributed by atoms with van der Waals surface area (Å²) in [6.07, 6.45) is 4.30. The first-order valence-electron chi connectivity index (χ1n) is 7.89. The van der Waals surface area contributed by atoms with Crippen molar-refractivity contribution in [1.29, 1.82) is 0 Å². The van der Waals surface area contributed by atoms with Crippen LogP contribution in [-0.4, -0.2) is 59.9 Å². The van der Waals surface area contributed by atoms with Gasteiger partial charge in [0, 0.05) is 6.04 Å². The Labute approximate surface area is 121 Å². The van der Waals surface area contributed by atoms with Crippen molar-refractivity contribution in [3.05, 3.63) is 0 Å². The Hall–Kier alpha value is -1.10. The highest BCUT2D eigenvalue weighted by atomic mass is 16.2. The summed E-state index contributed by atoms with van der Waals surface area (Å²) in [6.45, 7) is 6.04. The minimum absolute atomic E-state index is 0.0319. The van der Waals surface area contributed by atoms with Gasteiger partial charge in [-0.25, -0.2) is 0 Å². The molecule has 0 radical (unpaired) electrons. The monoisotopic (exact) mass is 281 g/mol. The van der Waals surface area contributed by atoms with Crippen LogP contribution in [-0.2, 0) is 9.59 Å². The molecule has 2 unspecified atom stereocenters. The number of nitrogens with zero attached hydrogens (tertiary/aromatic N) is 2. The number of hydrogen-bond donors (Lipinski definition) is 1. The van der Waals surface area contributed by atoms with Gasteiger partial charge in [0.15, 0.2) is 0 Å². The minimum atomic E-state index is -0.310. The summed E-state index contributed by atoms with van der Waals surface area (Å²) in [5, 5.41) is 2.91. The Kier molecular flexibility index (Phi) is 5.02. The van der Waals surface area contributed by atoms with E-state index in [-0.39, 0.29) is 29.9 Å². The number of rotatable bonds is 4. The van der Waals surface area contributed by atoms with E-state index in [1.807, 2.05) is 18.7 Å². The molecule has 20 heavy (non-hydrogen) atoms. The maximum Gasteiger partial charge on any atom is 0.246 e. The molecule has 5 nitrogen and oxygen atoms in total. The molecule has 0 aliphatic carbocycles. The zero-order chi connectivity index (χ0) is 14.7. The molecule has 0 saturated carbocycles. The number of carbonyl (C=O) groups is 2. The number of nitrogens with one attached hydrogen (secondary N) is 1. The fraction of sp³-hybridized carbons (Fsp3) is 0.867. The van der Waals surface area contributed by atoms with Gasteiger partial charge in [-0.15, -0.1) is 0 Å². The summed E-state index contributed by atoms with van der Waals surface area (Å²) < 4.78 is 0. The SMILES string of the molecule is CCCC1NC(=O)C(CC)N(C2CCN(C)CC2)C1=O. The van der Waals surface area contributed by atoms with Gasteiger partial charge in [-0.05, 0) is 45.8 Å². The molecule has 0 aromatic heterocycles. The maximum absolute atomic E-state index is 12.7. The quantitative estimate of drug-likeness (QED) is 0.836. The second-order valence-electron chi connectivity index (χ2n) is 6.05. The van der Waals surface area contributed by atoms with Crippen molar-refractivity contribution in [3.63, 3.8) is 0 Å². The lowest BCUT2D eigenvalue weighted by atomic mass is 9.95. The van der Waals surface area contributed by atoms with Gasteiger partial charge in [0.2, 0.25) is 11.8 Å². The molecule has 114 valence electrons. The molecule has 1 N–H and O–H groups in total. The molecular weight excluding hydrogens is 254 g/mol. The van der Waals surface area contributed by atoms with Gasteiger partial charge in [-0.1, -0.05) is 20.3 Å². The molecule has 2 rings (SSSR count). The standard InChI is InChI=1S/C15H27N3O2/c1-4-6-12-15(20)18(13(5-2)14(19)16-12)11-7-9-17(3)10-8-11/h11-13H,4-10H2,1-3H3,(H,16,19). The minimum Gasteiger partial charge on any atom is -0.343 e. The summed E-state index contributed by atoms with van der Waals surface area (Å²) in [7, 11) is 2.11. The summed E-state index contributed by atoms with van der Waals surface area (Å²) in [6, 6.07) is -0.354. The molecule has 2 fully saturated rings. The molecule has 2 atom stereocenters. The number of hydrogen-bond acceptors (Lipinski definition) is 3. The highest BCUT2D eigenvalue weighted by Crippen LogP contribution is 2.24. The molecule has 0 aromatic rings. The molecule has 2 amide bonds. The van der Waals surface area contributed by atoms with Crippen LogP contribution >= 0.6 is 0 Å². The van der Waals surface area contributed by atoms with Crippen LogP contribution < -0.4 is 5.32 Å². The first-order chi connectivity index (χ1) is 9.58. The largest absolute Gasteiger partial charge is 0.343 e. The van der Waals surface area contributed by atoms with Gasteiger partial charge in [-0.2, -0.15) is 0 Å². The van der Waals surface area contributed by atoms with E-state index in [1.54, 1.807) is 0 Å². The second-order valence-corrected chi connectivity index (χ2v) is 6.05. The lowest BCUT2D eigenvalue weighted by Crippen LogP contribution is -2.66. The van der Waals surface area contributed by atoms with Crippen LogP contribution in [0.15, 0.2) is 0 Å². The van der Waals surface area contributed by atoms with E-state index in [0.29, 0.717) is 6.42 Å². The fourth-order valence-corrected chi connectivity index (χ4v) is 3.36. The molecule has 2 aliphatic heterocycles. The van der Waals surface area contributed by atoms with Crippen molar-refractivity contribution >= 4 is 11.8 Å². The third kappa shape index (κ3) is 2.97. The van der Waals surface area contributed by atoms with Crippen LogP contribution in [0.1, 0.15) is 46.0 Å². The van der Waals surface area contributed by atoms with Gasteiger partial charge in [0.05, 0.1) is 0 Å². The highest BCUT2D eigenvalue weighted by molar-refractivity contribution is 5.97. The van der Waals surface area contributed by atoms with Crippen molar-refractivity contribution in [3.8, 4) is 0 Å². The molecule has 0 aromatic carbocycles. The summed E-state index contributed by atoms with van der Waals surface area (Å²) in [5.41, 5.74) is 0. The molecule has 2 aliphatic rings. The zero-order valence-corrected chi connectivity index (χ0v) is 12.9. The summed E-state index contributed by atoms with van der Waals surface area (Å²) in [5.74, 6) is 0.164. The van der Waals surface area contributed by atoms with Gasteiger partial charge in [0.1, 0.15) is 12.1 Å². The Morgan fingerprint density at radius 2 is 1.85 bits per heavy atom. The Bertz CT molecular complexity index is 364. The van der Waals surface area contributed by atoms with Crippen molar-refractivity contribution in [2.45, 2.75) is 64.1 Å². The average molecular weight is 281 g/mol. The lowest BCUT2D eigenvalue weighted by Gasteiger charge is -2.45. The third-order valence-corrected chi connectivity index (χ3v) is 4.55. The summed E-state index contributed by atoms with van der Waals surface area (Å²) in [4.78, 5) is 29.2. The number of likely N-dealkylation sites (tertiary alicyclic amines) is 1. The number of carbonyl (C=O) groups excluding carboxylic acids is 2. The third-order valence-electron chi connectivity index (χ3n) is 4.55. The van der Waals surface area contributed by atoms with Gasteiger partial charge in [0.25, 0.3) is 0 Å². The maximum atomic E-state index is 12.7. The number of piperidine rings is 1. The van der Waals surface area contributed by atoms with Crippen LogP contribution in [0.4, 0.5) is 0 Å². The first-order valence-corrected chi connectivity index (χ1v) is 7.89. The van der Waals surface area contributed by atoms with Crippen molar-refractivity contribution in [2.75, 3.05) is 20.1 Å². The fourth-order valence-electron chi connectivity index (χ4n) is 3.36. The smallest absolute Gasteiger partial charge is 0.246 e. The predicted octanol–water partition coefficient (Wildman–Crippen LogP) is 0.986. The van der Waals surface area contributed by atoms with Crippen molar-refractivity contribution in [1.82, 2.24) is 15.1 Å². The van der Waals surface area contributed by atoms with E-state index in [4.69, 9.17) is 0 Å². The van der Waals surface area contributed by atoms with Crippen LogP contribution in [0.5, 0.6) is 0 Å². The zero-order valence-electron chi connectivity index (χ0n) is 12.9. The van der Waals surface area contributed by atoms with Gasteiger partial charge < -0.3 is 15.1 Å². The lowest BCUT2D eigenvalue weighted by molar-refractivity contribution is -0.153. The van der Waals surface area contributed by atoms with E-state index in [2.05, 4.69) is 17.3 Å². The summed E-state index contributed by atoms with van der Waals surface area (Å²) >= 11 is 0. The molecule has 5 heteroatoms. The Balaban J connectivity index is 2.15. The van der Waals surface area contributed by atoms with Crippen LogP contribution in [0, 0.1) is 0 Å². The normalized spacial score (nSPS) is 29.6. The van der Waals surface area contributed by atoms with E-state index < -0.39 is 0 Å². The molecule has 2 heterocycles. The van der Waals surface area contributed by atoms with E-state index >= 15 is 0 Å². The Morgan fingerprint density at radius 1 is 1.20 bits per heavy atom. The number of amides is 2. The molecule has 2 saturated heterocycles. The highest BCUT2D eigenvalue weighted by Gasteiger charge is 2.42. The average Bonchev–Trinajstić information content (AvgIpc) is 2.43. The van der Waals surface area contributed by atoms with Gasteiger partial charge in [-0.3, -0.25) is 9.59 Å². The van der Waals surface area contributed by atoms with Crippen LogP contribution in [0.2, 0.25) is 0 Å². The van der Waals surface area contributed by atoms with Crippen molar-refractivity contribution in [2.24, 2.45) is 0 Å². The van der Waals surface area contributed by atoms with Gasteiger partial charge >= 0.3 is 0 Å². The predicted molar refractivity (Wildman–Crippen MR) is 78.3 cm³/mol. The van der Waals surface area contributed by atoms with E-state index in [1.165, 1.54) is 0 Å². The Morgan fingerprint density at radius 3 is 2.40 bits per heavy atom. The van der Waals surface area contributed by atoms with Crippen molar-refractivity contribution < 1.29 is 9.59 Å². The first kappa shape index (κ1) is 15.3. The number of piperazine rings is 1.